The Morgan fingerprint density at radius 3 is 2.41 bits per heavy atom. The summed E-state index contributed by atoms with van der Waals surface area (Å²) in [6.07, 6.45) is 0.829. The molecule has 1 aliphatic rings. The van der Waals surface area contributed by atoms with E-state index in [9.17, 15) is 14.0 Å². The third kappa shape index (κ3) is 6.02. The zero-order valence-corrected chi connectivity index (χ0v) is 16.7. The van der Waals surface area contributed by atoms with Gasteiger partial charge < -0.3 is 20.4 Å². The number of carbonyl (C=O) groups excluding carboxylic acids is 2. The smallest absolute Gasteiger partial charge is 0.275 e. The number of aryl methyl sites for hydroxylation is 1. The number of amides is 2. The summed E-state index contributed by atoms with van der Waals surface area (Å²) in [5.41, 5.74) is 2.85. The van der Waals surface area contributed by atoms with Crippen LogP contribution in [0.4, 0.5) is 15.8 Å². The molecule has 1 fully saturated rings. The Hall–Kier alpha value is -2.93. The van der Waals surface area contributed by atoms with Crippen molar-refractivity contribution in [3.05, 3.63) is 59.9 Å². The Labute approximate surface area is 170 Å². The van der Waals surface area contributed by atoms with E-state index in [1.807, 2.05) is 31.2 Å². The van der Waals surface area contributed by atoms with Gasteiger partial charge in [-0.3, -0.25) is 9.59 Å². The van der Waals surface area contributed by atoms with Gasteiger partial charge in [0.05, 0.1) is 32.7 Å². The zero-order chi connectivity index (χ0) is 20.6. The van der Waals surface area contributed by atoms with Gasteiger partial charge in [0.2, 0.25) is 5.91 Å². The molecule has 2 amide bonds. The van der Waals surface area contributed by atoms with Gasteiger partial charge in [-0.1, -0.05) is 25.1 Å². The zero-order valence-electron chi connectivity index (χ0n) is 16.7. The van der Waals surface area contributed by atoms with Crippen LogP contribution in [0.15, 0.2) is 48.5 Å². The number of anilines is 2. The summed E-state index contributed by atoms with van der Waals surface area (Å²) in [6, 6.07) is 14.1. The highest BCUT2D eigenvalue weighted by molar-refractivity contribution is 5.95. The molecule has 3 N–H and O–H groups in total. The lowest BCUT2D eigenvalue weighted by Crippen LogP contribution is -3.16. The number of para-hydroxylation sites is 1. The standard InChI is InChI=1S/C22H27FN4O2/c1-2-17-5-3-4-6-20(17)25-21(28)15-24-22(29)16-26-11-13-27(14-12-26)19-9-7-18(23)8-10-19/h3-10H,2,11-16H2,1H3,(H,24,29)(H,25,28)/p+1. The molecule has 154 valence electrons. The number of nitrogens with zero attached hydrogens (tertiary/aromatic N) is 1. The lowest BCUT2D eigenvalue weighted by atomic mass is 10.1. The molecule has 2 aromatic rings. The van der Waals surface area contributed by atoms with E-state index in [1.54, 1.807) is 12.1 Å². The third-order valence-electron chi connectivity index (χ3n) is 5.19. The van der Waals surface area contributed by atoms with Gasteiger partial charge in [0.15, 0.2) is 6.54 Å². The number of quaternary nitrogens is 1. The monoisotopic (exact) mass is 399 g/mol. The van der Waals surface area contributed by atoms with Crippen molar-refractivity contribution in [3.8, 4) is 0 Å². The third-order valence-corrected chi connectivity index (χ3v) is 5.19. The van der Waals surface area contributed by atoms with Gasteiger partial charge in [0, 0.05) is 11.4 Å². The second-order valence-corrected chi connectivity index (χ2v) is 7.23. The fourth-order valence-corrected chi connectivity index (χ4v) is 3.52. The number of carbonyl (C=O) groups is 2. The Morgan fingerprint density at radius 2 is 1.72 bits per heavy atom. The molecule has 6 nitrogen and oxygen atoms in total. The first-order chi connectivity index (χ1) is 14.0. The van der Waals surface area contributed by atoms with Crippen molar-refractivity contribution < 1.29 is 18.9 Å². The van der Waals surface area contributed by atoms with E-state index in [2.05, 4.69) is 15.5 Å². The highest BCUT2D eigenvalue weighted by Gasteiger charge is 2.22. The minimum absolute atomic E-state index is 0.0358. The number of halogens is 1. The Bertz CT molecular complexity index is 833. The van der Waals surface area contributed by atoms with Crippen LogP contribution in [-0.4, -0.2) is 51.1 Å². The average molecular weight is 399 g/mol. The molecule has 0 aliphatic carbocycles. The molecule has 2 aromatic carbocycles. The second-order valence-electron chi connectivity index (χ2n) is 7.23. The molecule has 0 saturated carbocycles. The van der Waals surface area contributed by atoms with Crippen LogP contribution in [0.2, 0.25) is 0 Å². The molecule has 0 unspecified atom stereocenters. The summed E-state index contributed by atoms with van der Waals surface area (Å²) in [4.78, 5) is 27.7. The molecule has 0 spiro atoms. The van der Waals surface area contributed by atoms with Gasteiger partial charge in [-0.25, -0.2) is 4.39 Å². The van der Waals surface area contributed by atoms with Crippen molar-refractivity contribution in [1.82, 2.24) is 5.32 Å². The molecule has 0 radical (unpaired) electrons. The van der Waals surface area contributed by atoms with Gasteiger partial charge in [0.25, 0.3) is 5.91 Å². The molecule has 1 saturated heterocycles. The number of nitrogens with one attached hydrogen (secondary N) is 3. The fourth-order valence-electron chi connectivity index (χ4n) is 3.52. The Balaban J connectivity index is 1.39. The van der Waals surface area contributed by atoms with Crippen molar-refractivity contribution in [2.75, 3.05) is 49.5 Å². The molecule has 0 atom stereocenters. The van der Waals surface area contributed by atoms with E-state index in [-0.39, 0.29) is 24.2 Å². The molecular weight excluding hydrogens is 371 g/mol. The minimum atomic E-state index is -0.239. The Morgan fingerprint density at radius 1 is 1.03 bits per heavy atom. The van der Waals surface area contributed by atoms with Crippen LogP contribution in [0.25, 0.3) is 0 Å². The predicted octanol–water partition coefficient (Wildman–Crippen LogP) is 0.848. The van der Waals surface area contributed by atoms with Crippen molar-refractivity contribution in [3.63, 3.8) is 0 Å². The van der Waals surface area contributed by atoms with Crippen molar-refractivity contribution in [1.29, 1.82) is 0 Å². The average Bonchev–Trinajstić information content (AvgIpc) is 2.74. The number of rotatable bonds is 7. The second kappa shape index (κ2) is 10.0. The summed E-state index contributed by atoms with van der Waals surface area (Å²) in [6.45, 7) is 5.60. The van der Waals surface area contributed by atoms with Crippen molar-refractivity contribution >= 4 is 23.2 Å². The molecule has 29 heavy (non-hydrogen) atoms. The van der Waals surface area contributed by atoms with Crippen LogP contribution in [0, 0.1) is 5.82 Å². The maximum Gasteiger partial charge on any atom is 0.275 e. The first-order valence-electron chi connectivity index (χ1n) is 10.0. The SMILES string of the molecule is CCc1ccccc1NC(=O)CNC(=O)C[NH+]1CCN(c2ccc(F)cc2)CC1. The molecule has 1 aliphatic heterocycles. The highest BCUT2D eigenvalue weighted by Crippen LogP contribution is 2.15. The quantitative estimate of drug-likeness (QED) is 0.647. The summed E-state index contributed by atoms with van der Waals surface area (Å²) in [5.74, 6) is -0.596. The van der Waals surface area contributed by atoms with E-state index < -0.39 is 0 Å². The molecular formula is C22H28FN4O2+. The number of piperazine rings is 1. The molecule has 0 bridgehead atoms. The van der Waals surface area contributed by atoms with Crippen LogP contribution in [0.1, 0.15) is 12.5 Å². The van der Waals surface area contributed by atoms with Crippen molar-refractivity contribution in [2.45, 2.75) is 13.3 Å². The van der Waals surface area contributed by atoms with Crippen molar-refractivity contribution in [2.24, 2.45) is 0 Å². The maximum absolute atomic E-state index is 13.1. The maximum atomic E-state index is 13.1. The highest BCUT2D eigenvalue weighted by atomic mass is 19.1. The first-order valence-corrected chi connectivity index (χ1v) is 10.0. The van der Waals surface area contributed by atoms with E-state index in [4.69, 9.17) is 0 Å². The van der Waals surface area contributed by atoms with E-state index in [0.29, 0.717) is 6.54 Å². The number of hydrogen-bond donors (Lipinski definition) is 3. The molecule has 3 rings (SSSR count). The topological polar surface area (TPSA) is 65.9 Å². The lowest BCUT2D eigenvalue weighted by molar-refractivity contribution is -0.892. The summed E-state index contributed by atoms with van der Waals surface area (Å²) < 4.78 is 13.1. The van der Waals surface area contributed by atoms with E-state index in [0.717, 1.165) is 49.5 Å². The fraction of sp³-hybridized carbons (Fsp3) is 0.364. The lowest BCUT2D eigenvalue weighted by Gasteiger charge is -2.33. The van der Waals surface area contributed by atoms with Crippen LogP contribution in [0.5, 0.6) is 0 Å². The number of benzene rings is 2. The summed E-state index contributed by atoms with van der Waals surface area (Å²) >= 11 is 0. The molecule has 7 heteroatoms. The van der Waals surface area contributed by atoms with Crippen LogP contribution in [0.3, 0.4) is 0 Å². The Kier molecular flexibility index (Phi) is 7.19. The summed E-state index contributed by atoms with van der Waals surface area (Å²) in [5, 5.41) is 5.56. The molecule has 1 heterocycles. The van der Waals surface area contributed by atoms with Crippen LogP contribution in [-0.2, 0) is 16.0 Å². The first kappa shape index (κ1) is 20.8. The van der Waals surface area contributed by atoms with Gasteiger partial charge in [-0.05, 0) is 42.3 Å². The van der Waals surface area contributed by atoms with Crippen LogP contribution < -0.4 is 20.4 Å². The largest absolute Gasteiger partial charge is 0.360 e. The summed E-state index contributed by atoms with van der Waals surface area (Å²) in [7, 11) is 0. The van der Waals surface area contributed by atoms with Gasteiger partial charge in [0.1, 0.15) is 5.82 Å². The molecule has 0 aromatic heterocycles. The van der Waals surface area contributed by atoms with E-state index in [1.165, 1.54) is 17.0 Å². The van der Waals surface area contributed by atoms with Gasteiger partial charge in [-0.15, -0.1) is 0 Å². The minimum Gasteiger partial charge on any atom is -0.360 e. The normalized spacial score (nSPS) is 14.5. The van der Waals surface area contributed by atoms with Crippen LogP contribution >= 0.6 is 0 Å². The van der Waals surface area contributed by atoms with Gasteiger partial charge >= 0.3 is 0 Å². The van der Waals surface area contributed by atoms with E-state index >= 15 is 0 Å². The van der Waals surface area contributed by atoms with Gasteiger partial charge in [-0.2, -0.15) is 0 Å². The predicted molar refractivity (Wildman–Crippen MR) is 112 cm³/mol. The number of hydrogen-bond acceptors (Lipinski definition) is 3.